The Hall–Kier alpha value is -1.55. The van der Waals surface area contributed by atoms with Crippen molar-refractivity contribution >= 4 is 17.4 Å². The molecular weight excluding hydrogens is 264 g/mol. The van der Waals surface area contributed by atoms with Gasteiger partial charge in [0, 0.05) is 16.1 Å². The SMILES string of the molecule is CSc1cccc(NC(C)c2cccc(F)c2F)c1. The zero-order valence-electron chi connectivity index (χ0n) is 10.8. The van der Waals surface area contributed by atoms with Crippen LogP contribution in [0.4, 0.5) is 14.5 Å². The van der Waals surface area contributed by atoms with E-state index in [1.807, 2.05) is 37.4 Å². The summed E-state index contributed by atoms with van der Waals surface area (Å²) < 4.78 is 26.9. The van der Waals surface area contributed by atoms with E-state index in [4.69, 9.17) is 0 Å². The molecule has 0 aromatic heterocycles. The fourth-order valence-electron chi connectivity index (χ4n) is 1.90. The Morgan fingerprint density at radius 1 is 1.11 bits per heavy atom. The maximum atomic E-state index is 13.7. The average Bonchev–Trinajstić information content (AvgIpc) is 2.42. The highest BCUT2D eigenvalue weighted by molar-refractivity contribution is 7.98. The first-order valence-electron chi connectivity index (χ1n) is 5.96. The van der Waals surface area contributed by atoms with Gasteiger partial charge in [-0.25, -0.2) is 8.78 Å². The Bertz CT molecular complexity index is 572. The highest BCUT2D eigenvalue weighted by Crippen LogP contribution is 2.25. The third kappa shape index (κ3) is 3.26. The minimum absolute atomic E-state index is 0.298. The van der Waals surface area contributed by atoms with E-state index in [0.29, 0.717) is 5.56 Å². The molecule has 0 radical (unpaired) electrons. The van der Waals surface area contributed by atoms with Crippen molar-refractivity contribution < 1.29 is 8.78 Å². The standard InChI is InChI=1S/C15H15F2NS/c1-10(13-7-4-8-14(16)15(13)17)18-11-5-3-6-12(9-11)19-2/h3-10,18H,1-2H3. The first kappa shape index (κ1) is 13.9. The molecule has 1 unspecified atom stereocenters. The Morgan fingerprint density at radius 3 is 2.58 bits per heavy atom. The van der Waals surface area contributed by atoms with Crippen LogP contribution in [-0.2, 0) is 0 Å². The van der Waals surface area contributed by atoms with Crippen LogP contribution in [0, 0.1) is 11.6 Å². The molecule has 0 heterocycles. The van der Waals surface area contributed by atoms with Gasteiger partial charge in [-0.3, -0.25) is 0 Å². The highest BCUT2D eigenvalue weighted by Gasteiger charge is 2.13. The van der Waals surface area contributed by atoms with Crippen molar-refractivity contribution in [1.82, 2.24) is 0 Å². The molecule has 4 heteroatoms. The van der Waals surface area contributed by atoms with E-state index in [1.54, 1.807) is 17.8 Å². The molecule has 1 atom stereocenters. The monoisotopic (exact) mass is 279 g/mol. The van der Waals surface area contributed by atoms with E-state index >= 15 is 0 Å². The van der Waals surface area contributed by atoms with Crippen LogP contribution in [0.25, 0.3) is 0 Å². The second kappa shape index (κ2) is 6.06. The molecule has 0 fully saturated rings. The van der Waals surface area contributed by atoms with Gasteiger partial charge in [-0.2, -0.15) is 0 Å². The summed E-state index contributed by atoms with van der Waals surface area (Å²) in [5, 5.41) is 3.18. The van der Waals surface area contributed by atoms with Crippen molar-refractivity contribution in [2.45, 2.75) is 17.9 Å². The first-order valence-corrected chi connectivity index (χ1v) is 7.19. The Morgan fingerprint density at radius 2 is 1.84 bits per heavy atom. The van der Waals surface area contributed by atoms with Gasteiger partial charge >= 0.3 is 0 Å². The molecule has 0 spiro atoms. The van der Waals surface area contributed by atoms with Crippen molar-refractivity contribution in [3.05, 3.63) is 59.7 Å². The van der Waals surface area contributed by atoms with Crippen LogP contribution in [0.15, 0.2) is 47.4 Å². The molecule has 0 saturated carbocycles. The molecule has 2 rings (SSSR count). The zero-order chi connectivity index (χ0) is 13.8. The minimum Gasteiger partial charge on any atom is -0.378 e. The molecular formula is C15H15F2NS. The lowest BCUT2D eigenvalue weighted by Gasteiger charge is -2.17. The summed E-state index contributed by atoms with van der Waals surface area (Å²) >= 11 is 1.64. The highest BCUT2D eigenvalue weighted by atomic mass is 32.2. The Labute approximate surface area is 116 Å². The first-order chi connectivity index (χ1) is 9.11. The Balaban J connectivity index is 2.20. The largest absolute Gasteiger partial charge is 0.378 e. The molecule has 0 amide bonds. The molecule has 0 aliphatic heterocycles. The van der Waals surface area contributed by atoms with Gasteiger partial charge in [-0.1, -0.05) is 18.2 Å². The third-order valence-electron chi connectivity index (χ3n) is 2.90. The maximum absolute atomic E-state index is 13.7. The molecule has 0 aliphatic carbocycles. The summed E-state index contributed by atoms with van der Waals surface area (Å²) in [7, 11) is 0. The smallest absolute Gasteiger partial charge is 0.164 e. The predicted molar refractivity (Wildman–Crippen MR) is 76.6 cm³/mol. The third-order valence-corrected chi connectivity index (χ3v) is 3.63. The summed E-state index contributed by atoms with van der Waals surface area (Å²) in [6.07, 6.45) is 1.99. The predicted octanol–water partition coefficient (Wildman–Crippen LogP) is 4.86. The van der Waals surface area contributed by atoms with Crippen molar-refractivity contribution in [1.29, 1.82) is 0 Å². The van der Waals surface area contributed by atoms with Gasteiger partial charge in [0.15, 0.2) is 11.6 Å². The van der Waals surface area contributed by atoms with Crippen molar-refractivity contribution in [3.8, 4) is 0 Å². The van der Waals surface area contributed by atoms with Crippen LogP contribution in [0.5, 0.6) is 0 Å². The van der Waals surface area contributed by atoms with Gasteiger partial charge in [0.25, 0.3) is 0 Å². The van der Waals surface area contributed by atoms with Gasteiger partial charge in [0.2, 0.25) is 0 Å². The number of hydrogen-bond acceptors (Lipinski definition) is 2. The van der Waals surface area contributed by atoms with Crippen LogP contribution < -0.4 is 5.32 Å². The maximum Gasteiger partial charge on any atom is 0.164 e. The lowest BCUT2D eigenvalue weighted by atomic mass is 10.1. The van der Waals surface area contributed by atoms with Gasteiger partial charge < -0.3 is 5.32 Å². The van der Waals surface area contributed by atoms with Gasteiger partial charge in [-0.05, 0) is 37.4 Å². The summed E-state index contributed by atoms with van der Waals surface area (Å²) in [6.45, 7) is 1.81. The number of halogens is 2. The van der Waals surface area contributed by atoms with Crippen LogP contribution in [0.1, 0.15) is 18.5 Å². The van der Waals surface area contributed by atoms with Crippen LogP contribution in [0.3, 0.4) is 0 Å². The number of thioether (sulfide) groups is 1. The van der Waals surface area contributed by atoms with E-state index < -0.39 is 11.6 Å². The number of hydrogen-bond donors (Lipinski definition) is 1. The lowest BCUT2D eigenvalue weighted by Crippen LogP contribution is -2.09. The normalized spacial score (nSPS) is 12.2. The number of rotatable bonds is 4. The van der Waals surface area contributed by atoms with Crippen molar-refractivity contribution in [2.75, 3.05) is 11.6 Å². The molecule has 0 saturated heterocycles. The van der Waals surface area contributed by atoms with Crippen molar-refractivity contribution in [2.24, 2.45) is 0 Å². The molecule has 0 aliphatic rings. The van der Waals surface area contributed by atoms with E-state index in [-0.39, 0.29) is 6.04 Å². The molecule has 1 N–H and O–H groups in total. The number of anilines is 1. The number of benzene rings is 2. The van der Waals surface area contributed by atoms with Crippen LogP contribution in [-0.4, -0.2) is 6.26 Å². The second-order valence-electron chi connectivity index (χ2n) is 4.24. The summed E-state index contributed by atoms with van der Waals surface area (Å²) in [4.78, 5) is 1.12. The Kier molecular flexibility index (Phi) is 4.43. The van der Waals surface area contributed by atoms with Crippen molar-refractivity contribution in [3.63, 3.8) is 0 Å². The topological polar surface area (TPSA) is 12.0 Å². The molecule has 2 aromatic carbocycles. The average molecular weight is 279 g/mol. The summed E-state index contributed by atoms with van der Waals surface area (Å²) in [6, 6.07) is 11.8. The lowest BCUT2D eigenvalue weighted by molar-refractivity contribution is 0.494. The van der Waals surface area contributed by atoms with Gasteiger partial charge in [-0.15, -0.1) is 11.8 Å². The fraction of sp³-hybridized carbons (Fsp3) is 0.200. The summed E-state index contributed by atoms with van der Waals surface area (Å²) in [5.41, 5.74) is 1.22. The van der Waals surface area contributed by atoms with E-state index in [9.17, 15) is 8.78 Å². The molecule has 0 bridgehead atoms. The van der Waals surface area contributed by atoms with Gasteiger partial charge in [0.05, 0.1) is 6.04 Å². The molecule has 100 valence electrons. The van der Waals surface area contributed by atoms with Crippen LogP contribution in [0.2, 0.25) is 0 Å². The van der Waals surface area contributed by atoms with E-state index in [1.165, 1.54) is 6.07 Å². The minimum atomic E-state index is -0.816. The molecule has 19 heavy (non-hydrogen) atoms. The van der Waals surface area contributed by atoms with Crippen LogP contribution >= 0.6 is 11.8 Å². The number of nitrogens with one attached hydrogen (secondary N) is 1. The summed E-state index contributed by atoms with van der Waals surface area (Å²) in [5.74, 6) is -1.60. The quantitative estimate of drug-likeness (QED) is 0.802. The van der Waals surface area contributed by atoms with E-state index in [0.717, 1.165) is 16.6 Å². The fourth-order valence-corrected chi connectivity index (χ4v) is 2.35. The van der Waals surface area contributed by atoms with Gasteiger partial charge in [0.1, 0.15) is 0 Å². The molecule has 1 nitrogen and oxygen atoms in total. The molecule has 2 aromatic rings. The zero-order valence-corrected chi connectivity index (χ0v) is 11.6. The second-order valence-corrected chi connectivity index (χ2v) is 5.12. The van der Waals surface area contributed by atoms with E-state index in [2.05, 4.69) is 5.32 Å².